The van der Waals surface area contributed by atoms with Crippen LogP contribution in [0, 0.1) is 0 Å². The van der Waals surface area contributed by atoms with Crippen LogP contribution in [-0.4, -0.2) is 25.8 Å². The summed E-state index contributed by atoms with van der Waals surface area (Å²) in [6.45, 7) is 1.85. The van der Waals surface area contributed by atoms with Crippen molar-refractivity contribution in [2.24, 2.45) is 0 Å². The van der Waals surface area contributed by atoms with Crippen LogP contribution in [0.5, 0.6) is 0 Å². The lowest BCUT2D eigenvalue weighted by molar-refractivity contribution is 0.0935. The first-order chi connectivity index (χ1) is 17.0. The molecule has 0 aliphatic rings. The zero-order valence-electron chi connectivity index (χ0n) is 18.8. The number of nitrogens with one attached hydrogen (secondary N) is 1. The lowest BCUT2D eigenvalue weighted by Crippen LogP contribution is -2.29. The van der Waals surface area contributed by atoms with Gasteiger partial charge in [0.1, 0.15) is 0 Å². The molecule has 0 radical (unpaired) electrons. The Morgan fingerprint density at radius 1 is 0.886 bits per heavy atom. The number of anilines is 1. The maximum atomic E-state index is 13.2. The van der Waals surface area contributed by atoms with E-state index in [0.717, 1.165) is 16.6 Å². The summed E-state index contributed by atoms with van der Waals surface area (Å²) >= 11 is 6.56. The SMILES string of the molecule is CC(NC(=O)c1nc(-c2cc(Cl)c3ncccc3c2)c(-c2ccccc2)nc1N)c1ccccn1. The molecule has 3 N–H and O–H groups in total. The number of hydrogen-bond donors (Lipinski definition) is 2. The van der Waals surface area contributed by atoms with E-state index in [1.165, 1.54) is 0 Å². The Morgan fingerprint density at radius 2 is 1.63 bits per heavy atom. The third kappa shape index (κ3) is 4.54. The minimum absolute atomic E-state index is 0.0323. The van der Waals surface area contributed by atoms with Gasteiger partial charge in [0.25, 0.3) is 5.91 Å². The standard InChI is InChI=1S/C27H21ClN6O/c1-16(21-11-5-6-12-30-21)32-27(35)25-26(29)34-23(17-8-3-2-4-9-17)24(33-25)19-14-18-10-7-13-31-22(18)20(28)15-19/h2-16H,1H3,(H2,29,34)(H,32,35). The molecule has 8 heteroatoms. The molecular weight excluding hydrogens is 460 g/mol. The molecule has 5 aromatic rings. The third-order valence-electron chi connectivity index (χ3n) is 5.60. The second kappa shape index (κ2) is 9.48. The molecule has 0 fully saturated rings. The van der Waals surface area contributed by atoms with Crippen molar-refractivity contribution in [3.05, 3.63) is 102 Å². The van der Waals surface area contributed by atoms with Crippen molar-refractivity contribution < 1.29 is 4.79 Å². The molecule has 0 saturated carbocycles. The van der Waals surface area contributed by atoms with E-state index in [4.69, 9.17) is 22.3 Å². The second-order valence-corrected chi connectivity index (χ2v) is 8.41. The van der Waals surface area contributed by atoms with Gasteiger partial charge in [0.15, 0.2) is 11.5 Å². The van der Waals surface area contributed by atoms with Crippen LogP contribution in [0.3, 0.4) is 0 Å². The number of rotatable bonds is 5. The number of nitrogen functional groups attached to an aromatic ring is 1. The fraction of sp³-hybridized carbons (Fsp3) is 0.0741. The summed E-state index contributed by atoms with van der Waals surface area (Å²) in [7, 11) is 0. The topological polar surface area (TPSA) is 107 Å². The summed E-state index contributed by atoms with van der Waals surface area (Å²) in [6.07, 6.45) is 3.37. The zero-order valence-corrected chi connectivity index (χ0v) is 19.6. The van der Waals surface area contributed by atoms with Crippen molar-refractivity contribution in [1.82, 2.24) is 25.3 Å². The average Bonchev–Trinajstić information content (AvgIpc) is 2.89. The van der Waals surface area contributed by atoms with Gasteiger partial charge in [-0.05, 0) is 37.3 Å². The summed E-state index contributed by atoms with van der Waals surface area (Å²) in [6, 6.07) is 22.2. The van der Waals surface area contributed by atoms with Crippen molar-refractivity contribution in [3.63, 3.8) is 0 Å². The van der Waals surface area contributed by atoms with Gasteiger partial charge in [-0.1, -0.05) is 54.1 Å². The number of nitrogens with zero attached hydrogens (tertiary/aromatic N) is 4. The van der Waals surface area contributed by atoms with Crippen molar-refractivity contribution in [1.29, 1.82) is 0 Å². The quantitative estimate of drug-likeness (QED) is 0.345. The van der Waals surface area contributed by atoms with Crippen molar-refractivity contribution in [2.75, 3.05) is 5.73 Å². The van der Waals surface area contributed by atoms with E-state index in [1.807, 2.05) is 73.7 Å². The van der Waals surface area contributed by atoms with Crippen LogP contribution < -0.4 is 11.1 Å². The Labute approximate surface area is 207 Å². The Hall–Kier alpha value is -4.36. The molecule has 1 unspecified atom stereocenters. The highest BCUT2D eigenvalue weighted by atomic mass is 35.5. The van der Waals surface area contributed by atoms with Gasteiger partial charge in [0, 0.05) is 28.9 Å². The van der Waals surface area contributed by atoms with Crippen LogP contribution in [0.2, 0.25) is 5.02 Å². The van der Waals surface area contributed by atoms with Gasteiger partial charge in [-0.2, -0.15) is 0 Å². The molecular formula is C27H21ClN6O. The predicted octanol–water partition coefficient (Wildman–Crippen LogP) is 5.48. The van der Waals surface area contributed by atoms with Crippen molar-refractivity contribution >= 4 is 34.2 Å². The highest BCUT2D eigenvalue weighted by Crippen LogP contribution is 2.35. The molecule has 3 heterocycles. The van der Waals surface area contributed by atoms with E-state index in [0.29, 0.717) is 27.5 Å². The van der Waals surface area contributed by atoms with E-state index >= 15 is 0 Å². The zero-order chi connectivity index (χ0) is 24.4. The maximum absolute atomic E-state index is 13.2. The molecule has 1 amide bonds. The van der Waals surface area contributed by atoms with E-state index in [-0.39, 0.29) is 17.6 Å². The second-order valence-electron chi connectivity index (χ2n) is 8.00. The number of halogens is 1. The van der Waals surface area contributed by atoms with Gasteiger partial charge in [-0.15, -0.1) is 0 Å². The first-order valence-corrected chi connectivity index (χ1v) is 11.4. The van der Waals surface area contributed by atoms with Gasteiger partial charge in [-0.3, -0.25) is 14.8 Å². The molecule has 0 aliphatic carbocycles. The summed E-state index contributed by atoms with van der Waals surface area (Å²) in [5, 5.41) is 4.24. The highest BCUT2D eigenvalue weighted by Gasteiger charge is 2.22. The molecule has 0 bridgehead atoms. The number of nitrogens with two attached hydrogens (primary N) is 1. The van der Waals surface area contributed by atoms with Gasteiger partial charge in [0.05, 0.1) is 33.7 Å². The Bertz CT molecular complexity index is 1530. The number of carbonyl (C=O) groups is 1. The molecule has 2 aromatic carbocycles. The molecule has 35 heavy (non-hydrogen) atoms. The molecule has 3 aromatic heterocycles. The van der Waals surface area contributed by atoms with Crippen LogP contribution >= 0.6 is 11.6 Å². The van der Waals surface area contributed by atoms with Crippen molar-refractivity contribution in [3.8, 4) is 22.5 Å². The summed E-state index contributed by atoms with van der Waals surface area (Å²) < 4.78 is 0. The van der Waals surface area contributed by atoms with Crippen LogP contribution in [-0.2, 0) is 0 Å². The molecule has 1 atom stereocenters. The monoisotopic (exact) mass is 480 g/mol. The summed E-state index contributed by atoms with van der Waals surface area (Å²) in [4.78, 5) is 31.2. The first-order valence-electron chi connectivity index (χ1n) is 11.0. The van der Waals surface area contributed by atoms with Crippen LogP contribution in [0.1, 0.15) is 29.1 Å². The van der Waals surface area contributed by atoms with E-state index < -0.39 is 5.91 Å². The fourth-order valence-corrected chi connectivity index (χ4v) is 4.15. The number of aromatic nitrogens is 4. The largest absolute Gasteiger partial charge is 0.382 e. The fourth-order valence-electron chi connectivity index (χ4n) is 3.87. The minimum Gasteiger partial charge on any atom is -0.382 e. The minimum atomic E-state index is -0.442. The number of carbonyl (C=O) groups excluding carboxylic acids is 1. The van der Waals surface area contributed by atoms with E-state index in [9.17, 15) is 4.79 Å². The molecule has 0 spiro atoms. The normalized spacial score (nSPS) is 11.8. The van der Waals surface area contributed by atoms with Crippen LogP contribution in [0.15, 0.2) is 85.2 Å². The lowest BCUT2D eigenvalue weighted by atomic mass is 10.0. The van der Waals surface area contributed by atoms with Crippen molar-refractivity contribution in [2.45, 2.75) is 13.0 Å². The molecule has 0 aliphatic heterocycles. The number of benzene rings is 2. The smallest absolute Gasteiger partial charge is 0.274 e. The molecule has 5 rings (SSSR count). The highest BCUT2D eigenvalue weighted by molar-refractivity contribution is 6.35. The summed E-state index contributed by atoms with van der Waals surface area (Å²) in [5.41, 5.74) is 10.3. The Morgan fingerprint density at radius 3 is 2.40 bits per heavy atom. The maximum Gasteiger partial charge on any atom is 0.274 e. The molecule has 0 saturated heterocycles. The van der Waals surface area contributed by atoms with Crippen LogP contribution in [0.25, 0.3) is 33.4 Å². The molecule has 172 valence electrons. The number of fused-ring (bicyclic) bond motifs is 1. The first kappa shape index (κ1) is 22.4. The third-order valence-corrected chi connectivity index (χ3v) is 5.88. The Balaban J connectivity index is 1.63. The average molecular weight is 481 g/mol. The lowest BCUT2D eigenvalue weighted by Gasteiger charge is -2.16. The summed E-state index contributed by atoms with van der Waals surface area (Å²) in [5.74, 6) is -0.408. The Kier molecular flexibility index (Phi) is 6.08. The van der Waals surface area contributed by atoms with Gasteiger partial charge in [-0.25, -0.2) is 9.97 Å². The van der Waals surface area contributed by atoms with Crippen LogP contribution in [0.4, 0.5) is 5.82 Å². The van der Waals surface area contributed by atoms with Gasteiger partial charge >= 0.3 is 0 Å². The number of hydrogen-bond acceptors (Lipinski definition) is 6. The van der Waals surface area contributed by atoms with E-state index in [2.05, 4.69) is 20.3 Å². The number of pyridine rings is 2. The van der Waals surface area contributed by atoms with E-state index in [1.54, 1.807) is 18.5 Å². The predicted molar refractivity (Wildman–Crippen MR) is 138 cm³/mol. The van der Waals surface area contributed by atoms with Gasteiger partial charge in [0.2, 0.25) is 0 Å². The number of amides is 1. The molecule has 7 nitrogen and oxygen atoms in total. The van der Waals surface area contributed by atoms with Gasteiger partial charge < -0.3 is 11.1 Å².